The molecule has 0 aliphatic carbocycles. The van der Waals surface area contributed by atoms with E-state index in [2.05, 4.69) is 41.3 Å². The summed E-state index contributed by atoms with van der Waals surface area (Å²) in [6.07, 6.45) is 0. The maximum atomic E-state index is 9.75. The van der Waals surface area contributed by atoms with Gasteiger partial charge in [-0.05, 0) is 13.0 Å². The van der Waals surface area contributed by atoms with Crippen molar-refractivity contribution in [3.8, 4) is 0 Å². The summed E-state index contributed by atoms with van der Waals surface area (Å²) >= 11 is 1.80. The molecular weight excluding hydrogens is 241 g/mol. The standard InChI is InChI=1S/C9H10NS.BF4/c1-2-10-7-11-9-6-4-3-5-8(9)10;2-1(3,4)5/h3-7H,2H2,1H3;/q+1;-1. The van der Waals surface area contributed by atoms with Gasteiger partial charge in [0, 0.05) is 6.07 Å². The van der Waals surface area contributed by atoms with E-state index < -0.39 is 7.25 Å². The van der Waals surface area contributed by atoms with E-state index in [1.807, 2.05) is 0 Å². The Morgan fingerprint density at radius 3 is 2.31 bits per heavy atom. The Hall–Kier alpha value is -1.11. The van der Waals surface area contributed by atoms with Crippen LogP contribution in [0.4, 0.5) is 17.3 Å². The molecule has 0 atom stereocenters. The van der Waals surface area contributed by atoms with Gasteiger partial charge in [0.25, 0.3) is 0 Å². The van der Waals surface area contributed by atoms with Gasteiger partial charge in [-0.3, -0.25) is 0 Å². The molecule has 0 aliphatic rings. The predicted octanol–water partition coefficient (Wildman–Crippen LogP) is 3.51. The number of aryl methyl sites for hydroxylation is 1. The van der Waals surface area contributed by atoms with Crippen molar-refractivity contribution >= 4 is 28.8 Å². The Kier molecular flexibility index (Phi) is 4.29. The predicted molar refractivity (Wildman–Crippen MR) is 57.9 cm³/mol. The topological polar surface area (TPSA) is 3.88 Å². The second kappa shape index (κ2) is 5.29. The average Bonchev–Trinajstić information content (AvgIpc) is 2.58. The number of rotatable bonds is 1. The van der Waals surface area contributed by atoms with E-state index in [0.29, 0.717) is 0 Å². The molecule has 7 heteroatoms. The highest BCUT2D eigenvalue weighted by atomic mass is 32.1. The highest BCUT2D eigenvalue weighted by Gasteiger charge is 2.20. The molecule has 0 saturated carbocycles. The van der Waals surface area contributed by atoms with Gasteiger partial charge in [0.15, 0.2) is 0 Å². The summed E-state index contributed by atoms with van der Waals surface area (Å²) in [4.78, 5) is 0. The number of hydrogen-bond acceptors (Lipinski definition) is 1. The zero-order valence-corrected chi connectivity index (χ0v) is 9.36. The smallest absolute Gasteiger partial charge is 0.418 e. The summed E-state index contributed by atoms with van der Waals surface area (Å²) in [6.45, 7) is 3.23. The van der Waals surface area contributed by atoms with Gasteiger partial charge in [-0.1, -0.05) is 23.5 Å². The monoisotopic (exact) mass is 251 g/mol. The first-order chi connectivity index (χ1) is 7.42. The third-order valence-corrected chi connectivity index (χ3v) is 2.78. The summed E-state index contributed by atoms with van der Waals surface area (Å²) in [5.41, 5.74) is 3.52. The molecule has 2 aromatic rings. The van der Waals surface area contributed by atoms with Crippen LogP contribution < -0.4 is 4.57 Å². The van der Waals surface area contributed by atoms with Crippen LogP contribution in [0.25, 0.3) is 10.2 Å². The molecular formula is C9H10BF4NS. The minimum atomic E-state index is -6.00. The lowest BCUT2D eigenvalue weighted by Crippen LogP contribution is -2.29. The van der Waals surface area contributed by atoms with E-state index in [4.69, 9.17) is 0 Å². The van der Waals surface area contributed by atoms with Crippen LogP contribution in [0.2, 0.25) is 0 Å². The van der Waals surface area contributed by atoms with Crippen molar-refractivity contribution in [3.63, 3.8) is 0 Å². The molecule has 2 rings (SSSR count). The third-order valence-electron chi connectivity index (χ3n) is 1.82. The Bertz CT molecular complexity index is 448. The highest BCUT2D eigenvalue weighted by molar-refractivity contribution is 7.16. The first-order valence-corrected chi connectivity index (χ1v) is 5.52. The van der Waals surface area contributed by atoms with Crippen molar-refractivity contribution in [2.45, 2.75) is 13.5 Å². The average molecular weight is 251 g/mol. The van der Waals surface area contributed by atoms with Crippen molar-refractivity contribution in [3.05, 3.63) is 29.8 Å². The molecule has 1 heterocycles. The zero-order valence-electron chi connectivity index (χ0n) is 8.54. The van der Waals surface area contributed by atoms with Gasteiger partial charge >= 0.3 is 7.25 Å². The van der Waals surface area contributed by atoms with Crippen molar-refractivity contribution < 1.29 is 21.8 Å². The SMILES string of the molecule is CC[n+]1csc2ccccc21.F[B-](F)(F)F. The molecule has 0 spiro atoms. The molecule has 16 heavy (non-hydrogen) atoms. The van der Waals surface area contributed by atoms with E-state index in [-0.39, 0.29) is 0 Å². The highest BCUT2D eigenvalue weighted by Crippen LogP contribution is 2.14. The Balaban J connectivity index is 0.000000221. The van der Waals surface area contributed by atoms with E-state index in [0.717, 1.165) is 6.54 Å². The molecule has 1 aromatic carbocycles. The first kappa shape index (κ1) is 13.0. The minimum Gasteiger partial charge on any atom is -0.418 e. The van der Waals surface area contributed by atoms with Crippen LogP contribution >= 0.6 is 11.3 Å². The normalized spacial score (nSPS) is 11.1. The van der Waals surface area contributed by atoms with E-state index in [1.165, 1.54) is 10.2 Å². The number of hydrogen-bond donors (Lipinski definition) is 0. The van der Waals surface area contributed by atoms with Crippen molar-refractivity contribution in [2.75, 3.05) is 0 Å². The van der Waals surface area contributed by atoms with Gasteiger partial charge in [0.05, 0.1) is 0 Å². The molecule has 0 saturated heterocycles. The van der Waals surface area contributed by atoms with Gasteiger partial charge < -0.3 is 17.3 Å². The van der Waals surface area contributed by atoms with Crippen LogP contribution in [0.5, 0.6) is 0 Å². The number of benzene rings is 1. The van der Waals surface area contributed by atoms with E-state index in [9.17, 15) is 17.3 Å². The number of aromatic nitrogens is 1. The number of para-hydroxylation sites is 1. The Morgan fingerprint density at radius 2 is 1.75 bits per heavy atom. The van der Waals surface area contributed by atoms with Crippen LogP contribution in [-0.4, -0.2) is 7.25 Å². The fourth-order valence-corrected chi connectivity index (χ4v) is 2.18. The van der Waals surface area contributed by atoms with Gasteiger partial charge in [0.2, 0.25) is 11.0 Å². The second-order valence-corrected chi connectivity index (χ2v) is 3.86. The quantitative estimate of drug-likeness (QED) is 0.415. The minimum absolute atomic E-state index is 1.06. The summed E-state index contributed by atoms with van der Waals surface area (Å²) in [7, 11) is -6.00. The third kappa shape index (κ3) is 4.18. The lowest BCUT2D eigenvalue weighted by atomic mass is 10.3. The van der Waals surface area contributed by atoms with Crippen molar-refractivity contribution in [1.29, 1.82) is 0 Å². The summed E-state index contributed by atoms with van der Waals surface area (Å²) in [6, 6.07) is 8.49. The van der Waals surface area contributed by atoms with Gasteiger partial charge in [0.1, 0.15) is 11.2 Å². The van der Waals surface area contributed by atoms with E-state index >= 15 is 0 Å². The number of halogens is 4. The van der Waals surface area contributed by atoms with Crippen LogP contribution in [0.15, 0.2) is 29.8 Å². The van der Waals surface area contributed by atoms with E-state index in [1.54, 1.807) is 11.3 Å². The molecule has 0 aliphatic heterocycles. The number of thiazole rings is 1. The zero-order chi connectivity index (χ0) is 12.2. The molecule has 1 nitrogen and oxygen atoms in total. The van der Waals surface area contributed by atoms with Gasteiger partial charge in [-0.2, -0.15) is 4.57 Å². The fourth-order valence-electron chi connectivity index (χ4n) is 1.22. The molecule has 0 unspecified atom stereocenters. The van der Waals surface area contributed by atoms with Crippen LogP contribution in [0, 0.1) is 0 Å². The van der Waals surface area contributed by atoms with Crippen molar-refractivity contribution in [1.82, 2.24) is 0 Å². The van der Waals surface area contributed by atoms with Crippen LogP contribution in [0.3, 0.4) is 0 Å². The molecule has 1 aromatic heterocycles. The maximum Gasteiger partial charge on any atom is 0.673 e. The second-order valence-electron chi connectivity index (χ2n) is 2.97. The lowest BCUT2D eigenvalue weighted by Gasteiger charge is -1.94. The largest absolute Gasteiger partial charge is 0.673 e. The van der Waals surface area contributed by atoms with Crippen LogP contribution in [-0.2, 0) is 6.54 Å². The first-order valence-electron chi connectivity index (χ1n) is 4.65. The molecule has 0 bridgehead atoms. The fraction of sp³-hybridized carbons (Fsp3) is 0.222. The molecule has 0 radical (unpaired) electrons. The number of fused-ring (bicyclic) bond motifs is 1. The summed E-state index contributed by atoms with van der Waals surface area (Å²) in [5.74, 6) is 0. The summed E-state index contributed by atoms with van der Waals surface area (Å²) in [5, 5.41) is 0. The van der Waals surface area contributed by atoms with Crippen molar-refractivity contribution in [2.24, 2.45) is 0 Å². The van der Waals surface area contributed by atoms with Crippen LogP contribution in [0.1, 0.15) is 6.92 Å². The van der Waals surface area contributed by atoms with Gasteiger partial charge in [-0.15, -0.1) is 0 Å². The number of nitrogens with zero attached hydrogens (tertiary/aromatic N) is 1. The molecule has 0 fully saturated rings. The lowest BCUT2D eigenvalue weighted by molar-refractivity contribution is -0.663. The molecule has 0 amide bonds. The summed E-state index contributed by atoms with van der Waals surface area (Å²) < 4.78 is 42.6. The Morgan fingerprint density at radius 1 is 1.19 bits per heavy atom. The molecule has 0 N–H and O–H groups in total. The molecule has 88 valence electrons. The van der Waals surface area contributed by atoms with Gasteiger partial charge in [-0.25, -0.2) is 0 Å². The maximum absolute atomic E-state index is 9.75. The Labute approximate surface area is 94.4 Å².